The van der Waals surface area contributed by atoms with Crippen molar-refractivity contribution in [3.05, 3.63) is 39.4 Å². The lowest BCUT2D eigenvalue weighted by Gasteiger charge is -2.17. The zero-order chi connectivity index (χ0) is 13.4. The Balaban J connectivity index is 2.37. The molecule has 2 aromatic heterocycles. The molecule has 2 heterocycles. The molecule has 0 radical (unpaired) electrons. The van der Waals surface area contributed by atoms with E-state index in [-0.39, 0.29) is 17.2 Å². The maximum atomic E-state index is 12.4. The van der Waals surface area contributed by atoms with Gasteiger partial charge in [-0.15, -0.1) is 0 Å². The second kappa shape index (κ2) is 4.67. The van der Waals surface area contributed by atoms with Crippen molar-refractivity contribution in [1.82, 2.24) is 9.55 Å². The number of halogens is 1. The summed E-state index contributed by atoms with van der Waals surface area (Å²) < 4.78 is 1.73. The highest BCUT2D eigenvalue weighted by Crippen LogP contribution is 2.31. The minimum absolute atomic E-state index is 0.168. The maximum absolute atomic E-state index is 12.4. The third kappa shape index (κ3) is 2.00. The highest BCUT2D eigenvalue weighted by molar-refractivity contribution is 6.30. The van der Waals surface area contributed by atoms with Crippen LogP contribution < -0.4 is 5.56 Å². The van der Waals surface area contributed by atoms with Crippen LogP contribution in [0.15, 0.2) is 23.1 Å². The van der Waals surface area contributed by atoms with Gasteiger partial charge in [-0.2, -0.15) is 5.26 Å². The number of aromatic nitrogens is 2. The van der Waals surface area contributed by atoms with Crippen molar-refractivity contribution in [3.63, 3.8) is 0 Å². The summed E-state index contributed by atoms with van der Waals surface area (Å²) in [5.74, 6) is 0. The zero-order valence-corrected chi connectivity index (χ0v) is 11.0. The van der Waals surface area contributed by atoms with E-state index in [1.807, 2.05) is 6.07 Å². The van der Waals surface area contributed by atoms with Crippen LogP contribution >= 0.6 is 11.6 Å². The Morgan fingerprint density at radius 1 is 1.37 bits per heavy atom. The van der Waals surface area contributed by atoms with Gasteiger partial charge in [0.25, 0.3) is 5.56 Å². The molecule has 96 valence electrons. The Morgan fingerprint density at radius 2 is 2.11 bits per heavy atom. The summed E-state index contributed by atoms with van der Waals surface area (Å²) in [6.45, 7) is 0. The van der Waals surface area contributed by atoms with Crippen LogP contribution in [0.3, 0.4) is 0 Å². The first kappa shape index (κ1) is 12.2. The molecule has 5 heteroatoms. The lowest BCUT2D eigenvalue weighted by Crippen LogP contribution is -2.26. The zero-order valence-electron chi connectivity index (χ0n) is 10.3. The van der Waals surface area contributed by atoms with Crippen molar-refractivity contribution in [2.24, 2.45) is 0 Å². The van der Waals surface area contributed by atoms with E-state index < -0.39 is 0 Å². The molecule has 1 aliphatic rings. The highest BCUT2D eigenvalue weighted by atomic mass is 35.5. The molecule has 0 aliphatic heterocycles. The standard InChI is InChI=1S/C14H12ClN3O/c15-13-6-12-10(8-17-13)5-9(7-16)14(19)18(12)11-3-1-2-4-11/h5-6,8,11H,1-4H2. The Kier molecular flexibility index (Phi) is 3.00. The first-order valence-electron chi connectivity index (χ1n) is 6.31. The molecular weight excluding hydrogens is 262 g/mol. The molecule has 0 unspecified atom stereocenters. The second-order valence-corrected chi connectivity index (χ2v) is 5.24. The third-order valence-electron chi connectivity index (χ3n) is 3.70. The Bertz CT molecular complexity index is 739. The number of nitriles is 1. The van der Waals surface area contributed by atoms with Crippen molar-refractivity contribution in [2.45, 2.75) is 31.7 Å². The van der Waals surface area contributed by atoms with Gasteiger partial charge >= 0.3 is 0 Å². The lowest BCUT2D eigenvalue weighted by molar-refractivity contribution is 0.519. The van der Waals surface area contributed by atoms with Gasteiger partial charge in [0.15, 0.2) is 0 Å². The number of hydrogen-bond acceptors (Lipinski definition) is 3. The summed E-state index contributed by atoms with van der Waals surface area (Å²) >= 11 is 5.93. The molecule has 0 aromatic carbocycles. The monoisotopic (exact) mass is 273 g/mol. The van der Waals surface area contributed by atoms with Gasteiger partial charge < -0.3 is 4.57 Å². The molecule has 0 bridgehead atoms. The number of fused-ring (bicyclic) bond motifs is 1. The van der Waals surface area contributed by atoms with Crippen LogP contribution in [0.5, 0.6) is 0 Å². The van der Waals surface area contributed by atoms with Gasteiger partial charge in [0.2, 0.25) is 0 Å². The van der Waals surface area contributed by atoms with Crippen molar-refractivity contribution < 1.29 is 0 Å². The van der Waals surface area contributed by atoms with Crippen LogP contribution in [0, 0.1) is 11.3 Å². The van der Waals surface area contributed by atoms with Crippen LogP contribution in [-0.2, 0) is 0 Å². The van der Waals surface area contributed by atoms with Crippen molar-refractivity contribution in [1.29, 1.82) is 5.26 Å². The van der Waals surface area contributed by atoms with E-state index in [2.05, 4.69) is 4.98 Å². The molecule has 1 saturated carbocycles. The molecule has 1 fully saturated rings. The fourth-order valence-electron chi connectivity index (χ4n) is 2.81. The predicted molar refractivity (Wildman–Crippen MR) is 73.2 cm³/mol. The van der Waals surface area contributed by atoms with Crippen molar-refractivity contribution in [2.75, 3.05) is 0 Å². The molecule has 0 N–H and O–H groups in total. The second-order valence-electron chi connectivity index (χ2n) is 4.85. The van der Waals surface area contributed by atoms with Crippen LogP contribution in [0.25, 0.3) is 10.9 Å². The summed E-state index contributed by atoms with van der Waals surface area (Å²) in [6, 6.07) is 5.44. The van der Waals surface area contributed by atoms with Crippen LogP contribution in [0.2, 0.25) is 5.15 Å². The number of pyridine rings is 2. The first-order valence-corrected chi connectivity index (χ1v) is 6.69. The van der Waals surface area contributed by atoms with Crippen LogP contribution in [0.4, 0.5) is 0 Å². The normalized spacial score (nSPS) is 15.8. The highest BCUT2D eigenvalue weighted by Gasteiger charge is 2.21. The molecule has 1 aliphatic carbocycles. The van der Waals surface area contributed by atoms with E-state index in [1.165, 1.54) is 0 Å². The van der Waals surface area contributed by atoms with E-state index in [0.717, 1.165) is 36.6 Å². The maximum Gasteiger partial charge on any atom is 0.269 e. The van der Waals surface area contributed by atoms with Crippen LogP contribution in [0.1, 0.15) is 37.3 Å². The average Bonchev–Trinajstić information content (AvgIpc) is 2.91. The number of rotatable bonds is 1. The summed E-state index contributed by atoms with van der Waals surface area (Å²) in [6.07, 6.45) is 5.81. The van der Waals surface area contributed by atoms with Gasteiger partial charge in [-0.3, -0.25) is 4.79 Å². The van der Waals surface area contributed by atoms with Gasteiger partial charge in [-0.1, -0.05) is 24.4 Å². The van der Waals surface area contributed by atoms with Gasteiger partial charge in [-0.05, 0) is 25.0 Å². The third-order valence-corrected chi connectivity index (χ3v) is 3.90. The molecule has 0 amide bonds. The largest absolute Gasteiger partial charge is 0.304 e. The first-order chi connectivity index (χ1) is 9.20. The molecule has 3 rings (SSSR count). The minimum atomic E-state index is -0.218. The molecule has 0 saturated heterocycles. The van der Waals surface area contributed by atoms with E-state index in [9.17, 15) is 4.79 Å². The number of hydrogen-bond donors (Lipinski definition) is 0. The van der Waals surface area contributed by atoms with E-state index in [1.54, 1.807) is 22.9 Å². The molecule has 0 spiro atoms. The summed E-state index contributed by atoms with van der Waals surface area (Å²) in [5.41, 5.74) is 0.726. The summed E-state index contributed by atoms with van der Waals surface area (Å²) in [7, 11) is 0. The molecule has 4 nitrogen and oxygen atoms in total. The fraction of sp³-hybridized carbons (Fsp3) is 0.357. The lowest BCUT2D eigenvalue weighted by atomic mass is 10.1. The Labute approximate surface area is 115 Å². The van der Waals surface area contributed by atoms with Gasteiger partial charge in [-0.25, -0.2) is 4.98 Å². The minimum Gasteiger partial charge on any atom is -0.304 e. The van der Waals surface area contributed by atoms with E-state index in [4.69, 9.17) is 16.9 Å². The van der Waals surface area contributed by atoms with Gasteiger partial charge in [0, 0.05) is 17.6 Å². The van der Waals surface area contributed by atoms with Gasteiger partial charge in [0.05, 0.1) is 5.52 Å². The average molecular weight is 274 g/mol. The topological polar surface area (TPSA) is 58.7 Å². The predicted octanol–water partition coefficient (Wildman–Crippen LogP) is 3.04. The summed E-state index contributed by atoms with van der Waals surface area (Å²) in [4.78, 5) is 16.4. The molecule has 19 heavy (non-hydrogen) atoms. The molecule has 2 aromatic rings. The smallest absolute Gasteiger partial charge is 0.269 e. The van der Waals surface area contributed by atoms with Crippen molar-refractivity contribution in [3.8, 4) is 6.07 Å². The van der Waals surface area contributed by atoms with Crippen LogP contribution in [-0.4, -0.2) is 9.55 Å². The van der Waals surface area contributed by atoms with E-state index in [0.29, 0.717) is 5.15 Å². The Morgan fingerprint density at radius 3 is 2.79 bits per heavy atom. The fourth-order valence-corrected chi connectivity index (χ4v) is 2.96. The Hall–Kier alpha value is -1.86. The van der Waals surface area contributed by atoms with Gasteiger partial charge in [0.1, 0.15) is 16.8 Å². The van der Waals surface area contributed by atoms with Crippen molar-refractivity contribution >= 4 is 22.5 Å². The van der Waals surface area contributed by atoms with E-state index >= 15 is 0 Å². The molecular formula is C14H12ClN3O. The quantitative estimate of drug-likeness (QED) is 0.751. The number of nitrogens with zero attached hydrogens (tertiary/aromatic N) is 3. The SMILES string of the molecule is N#Cc1cc2cnc(Cl)cc2n(C2CCCC2)c1=O. The molecule has 0 atom stereocenters. The summed E-state index contributed by atoms with van der Waals surface area (Å²) in [5, 5.41) is 10.2.